The van der Waals surface area contributed by atoms with Gasteiger partial charge >= 0.3 is 5.97 Å². The van der Waals surface area contributed by atoms with Crippen LogP contribution in [0.15, 0.2) is 17.1 Å². The van der Waals surface area contributed by atoms with E-state index in [0.29, 0.717) is 0 Å². The van der Waals surface area contributed by atoms with E-state index < -0.39 is 147 Å². The number of nitrogens with zero attached hydrogens (tertiary/aromatic N) is 1. The van der Waals surface area contributed by atoms with Crippen molar-refractivity contribution < 1.29 is 73.6 Å². The Labute approximate surface area is 303 Å². The van der Waals surface area contributed by atoms with Crippen molar-refractivity contribution >= 4 is 34.8 Å². The summed E-state index contributed by atoms with van der Waals surface area (Å²) in [6.07, 6.45) is -7.29. The molecule has 1 saturated heterocycles. The summed E-state index contributed by atoms with van der Waals surface area (Å²) in [7, 11) is 2.27. The van der Waals surface area contributed by atoms with Crippen molar-refractivity contribution in [3.8, 4) is 11.5 Å². The van der Waals surface area contributed by atoms with Crippen molar-refractivity contribution in [1.82, 2.24) is 0 Å². The molecule has 1 heterocycles. The molecule has 6 N–H and O–H groups in total. The van der Waals surface area contributed by atoms with Crippen molar-refractivity contribution in [2.24, 2.45) is 16.8 Å². The van der Waals surface area contributed by atoms with Gasteiger partial charge in [0.05, 0.1) is 60.7 Å². The number of carbonyl (C=O) groups is 5. The summed E-state index contributed by atoms with van der Waals surface area (Å²) in [5.41, 5.74) is -10.2. The molecule has 284 valence electrons. The fourth-order valence-corrected chi connectivity index (χ4v) is 8.16. The number of phenolic OH excluding ortho intramolecular Hbond substituents is 2. The van der Waals surface area contributed by atoms with Crippen LogP contribution in [0.25, 0.3) is 0 Å². The topological polar surface area (TPSA) is 256 Å². The molecular weight excluding hydrogens is 698 g/mol. The molecule has 6 rings (SSSR count). The largest absolute Gasteiger partial charge is 0.507 e. The van der Waals surface area contributed by atoms with Crippen LogP contribution in [0, 0.1) is 18.8 Å². The highest BCUT2D eigenvalue weighted by Crippen LogP contribution is 2.56. The molecule has 0 radical (unpaired) electrons. The van der Waals surface area contributed by atoms with Crippen molar-refractivity contribution in [1.29, 1.82) is 0 Å². The molecule has 1 aliphatic heterocycles. The number of aliphatic hydroxyl groups is 4. The number of benzene rings is 2. The van der Waals surface area contributed by atoms with Gasteiger partial charge in [-0.15, -0.1) is 0 Å². The molecule has 1 unspecified atom stereocenters. The number of hydrogen-bond acceptors (Lipinski definition) is 16. The molecule has 16 heteroatoms. The first kappa shape index (κ1) is 38.3. The standard InChI is InChI=1S/C37H41NO15/c1-13(2)12-52-35(48)23-14(3)7-16-8-22(41)37(51-6)33(47)25-18(32(46)36(37,49)26(16)30(23)45)9-17-24(29(25)44)21(40)10-20(27(17)42)38-34-19(11-39)28(43)31(50-5)15(4)53-34/h7,9,13,15,19,22,28,31,34,39,41,43-45,49H,8,10-12H2,1-6H3/t15-,19?,22+,28-,31-,34-,36-,37+/m0/s1. The van der Waals surface area contributed by atoms with Crippen LogP contribution in [-0.4, -0.2) is 129 Å². The Bertz CT molecular complexity index is 1990. The normalized spacial score (nSPS) is 31.6. The number of hydrogen-bond donors (Lipinski definition) is 6. The summed E-state index contributed by atoms with van der Waals surface area (Å²) in [4.78, 5) is 74.3. The van der Waals surface area contributed by atoms with Crippen LogP contribution in [0.3, 0.4) is 0 Å². The maximum Gasteiger partial charge on any atom is 0.342 e. The minimum absolute atomic E-state index is 0.00594. The minimum Gasteiger partial charge on any atom is -0.507 e. The number of aryl methyl sites for hydroxylation is 1. The average molecular weight is 740 g/mol. The highest BCUT2D eigenvalue weighted by Gasteiger charge is 2.72. The number of carbonyl (C=O) groups excluding carboxylic acids is 5. The summed E-state index contributed by atoms with van der Waals surface area (Å²) < 4.78 is 21.9. The molecule has 2 aromatic rings. The molecular formula is C37H41NO15. The quantitative estimate of drug-likeness (QED) is 0.214. The number of methoxy groups -OCH3 is 2. The number of ether oxygens (including phenoxy) is 4. The Balaban J connectivity index is 1.53. The molecule has 0 amide bonds. The molecule has 0 saturated carbocycles. The molecule has 0 bridgehead atoms. The summed E-state index contributed by atoms with van der Waals surface area (Å²) in [5, 5.41) is 68.1. The van der Waals surface area contributed by atoms with Crippen molar-refractivity contribution in [2.45, 2.75) is 82.4 Å². The highest BCUT2D eigenvalue weighted by molar-refractivity contribution is 6.53. The summed E-state index contributed by atoms with van der Waals surface area (Å²) in [6.45, 7) is 5.95. The smallest absolute Gasteiger partial charge is 0.342 e. The maximum absolute atomic E-state index is 14.7. The Morgan fingerprint density at radius 2 is 1.72 bits per heavy atom. The Morgan fingerprint density at radius 1 is 1.04 bits per heavy atom. The van der Waals surface area contributed by atoms with Gasteiger partial charge in [0, 0.05) is 37.3 Å². The van der Waals surface area contributed by atoms with Gasteiger partial charge in [0.15, 0.2) is 23.2 Å². The number of Topliss-reactive ketones (excluding diaryl/α,β-unsaturated/α-hetero) is 4. The third-order valence-electron chi connectivity index (χ3n) is 10.7. The van der Waals surface area contributed by atoms with Gasteiger partial charge in [-0.2, -0.15) is 0 Å². The molecule has 2 aromatic carbocycles. The third-order valence-corrected chi connectivity index (χ3v) is 10.7. The predicted molar refractivity (Wildman–Crippen MR) is 181 cm³/mol. The van der Waals surface area contributed by atoms with Crippen LogP contribution in [-0.2, 0) is 31.0 Å². The number of fused-ring (bicyclic) bond motifs is 5. The van der Waals surface area contributed by atoms with Gasteiger partial charge in [0.2, 0.25) is 17.3 Å². The molecule has 8 atom stereocenters. The number of esters is 1. The van der Waals surface area contributed by atoms with Crippen LogP contribution in [0.5, 0.6) is 11.5 Å². The van der Waals surface area contributed by atoms with E-state index in [1.165, 1.54) is 20.1 Å². The Kier molecular flexibility index (Phi) is 9.73. The first-order chi connectivity index (χ1) is 24.9. The van der Waals surface area contributed by atoms with Crippen LogP contribution < -0.4 is 0 Å². The second-order valence-corrected chi connectivity index (χ2v) is 14.3. The lowest BCUT2D eigenvalue weighted by atomic mass is 9.56. The fraction of sp³-hybridized carbons (Fsp3) is 0.514. The van der Waals surface area contributed by atoms with Gasteiger partial charge in [-0.1, -0.05) is 19.9 Å². The fourth-order valence-electron chi connectivity index (χ4n) is 8.16. The summed E-state index contributed by atoms with van der Waals surface area (Å²) in [6, 6.07) is 2.19. The van der Waals surface area contributed by atoms with Crippen molar-refractivity contribution in [3.63, 3.8) is 0 Å². The van der Waals surface area contributed by atoms with Crippen LogP contribution >= 0.6 is 0 Å². The van der Waals surface area contributed by atoms with Crippen molar-refractivity contribution in [3.05, 3.63) is 56.6 Å². The number of aliphatic imine (C=N–C) groups is 1. The van der Waals surface area contributed by atoms with Gasteiger partial charge in [-0.25, -0.2) is 4.79 Å². The molecule has 16 nitrogen and oxygen atoms in total. The number of aliphatic hydroxyl groups excluding tert-OH is 3. The van der Waals surface area contributed by atoms with Gasteiger partial charge in [0.25, 0.3) is 0 Å². The summed E-state index contributed by atoms with van der Waals surface area (Å²) in [5.74, 6) is -8.73. The Morgan fingerprint density at radius 3 is 2.32 bits per heavy atom. The van der Waals surface area contributed by atoms with Gasteiger partial charge < -0.3 is 49.6 Å². The maximum atomic E-state index is 14.7. The van der Waals surface area contributed by atoms with Gasteiger partial charge in [-0.05, 0) is 37.0 Å². The van der Waals surface area contributed by atoms with E-state index in [1.54, 1.807) is 20.8 Å². The monoisotopic (exact) mass is 739 g/mol. The minimum atomic E-state index is -3.25. The van der Waals surface area contributed by atoms with Crippen LogP contribution in [0.1, 0.15) is 95.7 Å². The van der Waals surface area contributed by atoms with E-state index >= 15 is 0 Å². The number of rotatable bonds is 7. The second kappa shape index (κ2) is 13.5. The lowest BCUT2D eigenvalue weighted by Crippen LogP contribution is -2.73. The highest BCUT2D eigenvalue weighted by atomic mass is 16.6. The van der Waals surface area contributed by atoms with Gasteiger partial charge in [0.1, 0.15) is 23.2 Å². The first-order valence-electron chi connectivity index (χ1n) is 17.0. The van der Waals surface area contributed by atoms with E-state index in [1.807, 2.05) is 0 Å². The molecule has 0 aromatic heterocycles. The number of aromatic hydroxyl groups is 2. The van der Waals surface area contributed by atoms with E-state index in [2.05, 4.69) is 4.99 Å². The van der Waals surface area contributed by atoms with Crippen LogP contribution in [0.2, 0.25) is 0 Å². The lowest BCUT2D eigenvalue weighted by molar-refractivity contribution is -0.206. The Hall–Kier alpha value is -4.42. The van der Waals surface area contributed by atoms with E-state index in [0.717, 1.165) is 13.2 Å². The van der Waals surface area contributed by atoms with E-state index in [-0.39, 0.29) is 23.7 Å². The first-order valence-corrected chi connectivity index (χ1v) is 17.0. The predicted octanol–water partition coefficient (Wildman–Crippen LogP) is 0.727. The molecule has 4 aliphatic rings. The molecule has 0 spiro atoms. The van der Waals surface area contributed by atoms with E-state index in [9.17, 15) is 54.6 Å². The zero-order valence-corrected chi connectivity index (χ0v) is 29.8. The van der Waals surface area contributed by atoms with Crippen molar-refractivity contribution in [2.75, 3.05) is 27.4 Å². The molecule has 1 fully saturated rings. The average Bonchev–Trinajstić information content (AvgIpc) is 3.08. The lowest BCUT2D eigenvalue weighted by Gasteiger charge is -2.52. The second-order valence-electron chi connectivity index (χ2n) is 14.3. The van der Waals surface area contributed by atoms with Crippen LogP contribution in [0.4, 0.5) is 0 Å². The number of ketones is 4. The zero-order valence-electron chi connectivity index (χ0n) is 29.8. The molecule has 3 aliphatic carbocycles. The summed E-state index contributed by atoms with van der Waals surface area (Å²) >= 11 is 0. The third kappa shape index (κ3) is 5.30. The SMILES string of the molecule is CO[C@H]1[C@H](C)O[C@H](N=C2CC(=O)c3c(cc4c(c3O)C(=O)[C@]3(OC)[C@H](O)Cc5cc(C)c(C(=O)OCC(C)C)c(O)c5[C@]3(O)C4=O)C2=O)C(CO)[C@@H]1O. The molecule has 53 heavy (non-hydrogen) atoms. The zero-order chi connectivity index (χ0) is 39.1. The van der Waals surface area contributed by atoms with Gasteiger partial charge in [-0.3, -0.25) is 24.2 Å². The number of phenols is 2. The van der Waals surface area contributed by atoms with E-state index in [4.69, 9.17) is 18.9 Å².